The normalized spacial score (nSPS) is 13.6. The van der Waals surface area contributed by atoms with Crippen LogP contribution in [-0.4, -0.2) is 23.3 Å². The third-order valence-corrected chi connectivity index (χ3v) is 3.54. The molecule has 0 aliphatic carbocycles. The summed E-state index contributed by atoms with van der Waals surface area (Å²) in [6.45, 7) is 0. The number of nitrogens with zero attached hydrogens (tertiary/aromatic N) is 1. The first kappa shape index (κ1) is 12.7. The summed E-state index contributed by atoms with van der Waals surface area (Å²) in [6.07, 6.45) is 0. The molecule has 0 atom stereocenters. The molecule has 4 nitrogen and oxygen atoms in total. The summed E-state index contributed by atoms with van der Waals surface area (Å²) in [5, 5.41) is 12.8. The summed E-state index contributed by atoms with van der Waals surface area (Å²) < 4.78 is 5.74. The number of carbonyl (C=O) groups excluding carboxylic acids is 1. The van der Waals surface area contributed by atoms with Crippen molar-refractivity contribution >= 4 is 28.8 Å². The quantitative estimate of drug-likeness (QED) is 0.630. The molecule has 0 amide bonds. The van der Waals surface area contributed by atoms with E-state index in [9.17, 15) is 10.0 Å². The Morgan fingerprint density at radius 2 is 1.80 bits per heavy atom. The van der Waals surface area contributed by atoms with Gasteiger partial charge < -0.3 is 9.94 Å². The molecule has 2 aromatic carbocycles. The molecular formula is C15H10ClNO3. The van der Waals surface area contributed by atoms with E-state index >= 15 is 0 Å². The Hall–Kier alpha value is -2.33. The first-order valence-corrected chi connectivity index (χ1v) is 6.33. The van der Waals surface area contributed by atoms with Gasteiger partial charge in [-0.15, -0.1) is 0 Å². The average Bonchev–Trinajstić information content (AvgIpc) is 2.72. The van der Waals surface area contributed by atoms with Gasteiger partial charge in [0, 0.05) is 0 Å². The Labute approximate surface area is 120 Å². The van der Waals surface area contributed by atoms with Crippen molar-refractivity contribution in [3.8, 4) is 5.75 Å². The zero-order chi connectivity index (χ0) is 14.3. The van der Waals surface area contributed by atoms with E-state index in [2.05, 4.69) is 0 Å². The maximum absolute atomic E-state index is 12.5. The van der Waals surface area contributed by atoms with E-state index < -0.39 is 0 Å². The second-order valence-corrected chi connectivity index (χ2v) is 4.72. The summed E-state index contributed by atoms with van der Waals surface area (Å²) in [4.78, 5) is 12.4. The third-order valence-electron chi connectivity index (χ3n) is 3.21. The third kappa shape index (κ3) is 1.69. The average molecular weight is 288 g/mol. The topological polar surface area (TPSA) is 52.4 Å². The van der Waals surface area contributed by atoms with Crippen molar-refractivity contribution in [2.24, 2.45) is 0 Å². The van der Waals surface area contributed by atoms with Gasteiger partial charge in [0.25, 0.3) is 17.2 Å². The molecule has 0 fully saturated rings. The number of halogens is 1. The maximum Gasteiger partial charge on any atom is 0.274 e. The lowest BCUT2D eigenvalue weighted by Gasteiger charge is -2.06. The number of rotatable bonds is 2. The number of methoxy groups -OCH3 is 1. The summed E-state index contributed by atoms with van der Waals surface area (Å²) in [5.74, 6) is 0.0231. The van der Waals surface area contributed by atoms with Crippen LogP contribution < -0.4 is 4.74 Å². The highest BCUT2D eigenvalue weighted by Crippen LogP contribution is 2.37. The van der Waals surface area contributed by atoms with Crippen LogP contribution in [0.3, 0.4) is 0 Å². The molecule has 1 aliphatic heterocycles. The molecule has 0 saturated heterocycles. The van der Waals surface area contributed by atoms with Crippen LogP contribution in [0, 0.1) is 5.21 Å². The summed E-state index contributed by atoms with van der Waals surface area (Å²) >= 11 is 6.08. The van der Waals surface area contributed by atoms with Crippen LogP contribution in [0.5, 0.6) is 5.75 Å². The summed E-state index contributed by atoms with van der Waals surface area (Å²) in [7, 11) is 1.46. The van der Waals surface area contributed by atoms with Crippen LogP contribution in [0.25, 0.3) is 0 Å². The van der Waals surface area contributed by atoms with Crippen LogP contribution >= 0.6 is 11.6 Å². The Kier molecular flexibility index (Phi) is 2.95. The molecule has 0 N–H and O–H groups in total. The highest BCUT2D eigenvalue weighted by molar-refractivity contribution is 6.54. The van der Waals surface area contributed by atoms with E-state index in [4.69, 9.17) is 16.3 Å². The Balaban J connectivity index is 2.27. The molecule has 1 aliphatic rings. The van der Waals surface area contributed by atoms with E-state index in [1.165, 1.54) is 7.11 Å². The highest BCUT2D eigenvalue weighted by Gasteiger charge is 2.39. The molecule has 0 spiro atoms. The minimum Gasteiger partial charge on any atom is -0.618 e. The van der Waals surface area contributed by atoms with Gasteiger partial charge in [-0.1, -0.05) is 29.8 Å². The van der Waals surface area contributed by atoms with Gasteiger partial charge in [0.05, 0.1) is 17.7 Å². The number of carbonyl (C=O) groups is 1. The second-order valence-electron chi connectivity index (χ2n) is 4.31. The smallest absolute Gasteiger partial charge is 0.274 e. The molecule has 5 heteroatoms. The molecular weight excluding hydrogens is 278 g/mol. The fourth-order valence-electron chi connectivity index (χ4n) is 2.30. The molecule has 100 valence electrons. The lowest BCUT2D eigenvalue weighted by atomic mass is 10.0. The molecule has 1 heterocycles. The summed E-state index contributed by atoms with van der Waals surface area (Å²) in [5.41, 5.74) is 1.01. The van der Waals surface area contributed by atoms with Crippen molar-refractivity contribution in [1.29, 1.82) is 0 Å². The number of ether oxygens (including phenoxy) is 1. The number of fused-ring (bicyclic) bond motifs is 1. The standard InChI is InChI=1S/C15H10ClNO3/c1-20-12-8-4-6-10-13(12)17(19)14(15(10)18)9-5-2-3-7-11(9)16/h2-8H,1H3. The van der Waals surface area contributed by atoms with Crippen molar-refractivity contribution in [2.75, 3.05) is 7.11 Å². The number of para-hydroxylation sites is 1. The first-order chi connectivity index (χ1) is 9.65. The molecule has 20 heavy (non-hydrogen) atoms. The number of ketones is 1. The van der Waals surface area contributed by atoms with Crippen molar-refractivity contribution in [3.63, 3.8) is 0 Å². The Morgan fingerprint density at radius 1 is 1.10 bits per heavy atom. The van der Waals surface area contributed by atoms with Gasteiger partial charge in [0.15, 0.2) is 5.75 Å². The monoisotopic (exact) mass is 287 g/mol. The van der Waals surface area contributed by atoms with Crippen LogP contribution in [0.2, 0.25) is 5.02 Å². The fourth-order valence-corrected chi connectivity index (χ4v) is 2.52. The van der Waals surface area contributed by atoms with Crippen molar-refractivity contribution in [3.05, 3.63) is 63.8 Å². The minimum absolute atomic E-state index is 0.0232. The largest absolute Gasteiger partial charge is 0.618 e. The van der Waals surface area contributed by atoms with Gasteiger partial charge in [-0.2, -0.15) is 4.74 Å². The van der Waals surface area contributed by atoms with Gasteiger partial charge in [-0.05, 0) is 24.3 Å². The molecule has 0 bridgehead atoms. The SMILES string of the molecule is COc1cccc2c1[N+]([O-])=C(c1ccccc1Cl)C2=O. The van der Waals surface area contributed by atoms with E-state index in [0.29, 0.717) is 26.6 Å². The van der Waals surface area contributed by atoms with Crippen molar-refractivity contribution in [2.45, 2.75) is 0 Å². The Morgan fingerprint density at radius 3 is 2.50 bits per heavy atom. The van der Waals surface area contributed by atoms with Crippen molar-refractivity contribution in [1.82, 2.24) is 0 Å². The van der Waals surface area contributed by atoms with Crippen molar-refractivity contribution < 1.29 is 14.3 Å². The Bertz CT molecular complexity index is 753. The van der Waals surface area contributed by atoms with Crippen LogP contribution in [0.15, 0.2) is 42.5 Å². The fraction of sp³-hybridized carbons (Fsp3) is 0.0667. The molecule has 0 radical (unpaired) electrons. The van der Waals surface area contributed by atoms with Crippen LogP contribution in [0.1, 0.15) is 15.9 Å². The van der Waals surface area contributed by atoms with Gasteiger partial charge in [-0.3, -0.25) is 4.79 Å². The number of Topliss-reactive ketones (excluding diaryl/α,β-unsaturated/α-hetero) is 1. The summed E-state index contributed by atoms with van der Waals surface area (Å²) in [6, 6.07) is 11.7. The number of hydrogen-bond donors (Lipinski definition) is 0. The molecule has 3 rings (SSSR count). The lowest BCUT2D eigenvalue weighted by molar-refractivity contribution is -0.356. The zero-order valence-corrected chi connectivity index (χ0v) is 11.3. The molecule has 0 unspecified atom stereocenters. The maximum atomic E-state index is 12.5. The zero-order valence-electron chi connectivity index (χ0n) is 10.6. The van der Waals surface area contributed by atoms with E-state index in [0.717, 1.165) is 0 Å². The predicted molar refractivity (Wildman–Crippen MR) is 76.2 cm³/mol. The van der Waals surface area contributed by atoms with Gasteiger partial charge in [-0.25, -0.2) is 0 Å². The minimum atomic E-state index is -0.345. The molecule has 0 saturated carbocycles. The van der Waals surface area contributed by atoms with Gasteiger partial charge >= 0.3 is 0 Å². The van der Waals surface area contributed by atoms with Gasteiger partial charge in [0.1, 0.15) is 5.56 Å². The number of benzene rings is 2. The number of hydrogen-bond acceptors (Lipinski definition) is 3. The highest BCUT2D eigenvalue weighted by atomic mass is 35.5. The second kappa shape index (κ2) is 4.65. The van der Waals surface area contributed by atoms with E-state index in [-0.39, 0.29) is 17.2 Å². The van der Waals surface area contributed by atoms with Crippen LogP contribution in [-0.2, 0) is 0 Å². The first-order valence-electron chi connectivity index (χ1n) is 5.96. The predicted octanol–water partition coefficient (Wildman–Crippen LogP) is 3.18. The lowest BCUT2D eigenvalue weighted by Crippen LogP contribution is -2.17. The van der Waals surface area contributed by atoms with Crippen LogP contribution in [0.4, 0.5) is 5.69 Å². The molecule has 0 aromatic heterocycles. The van der Waals surface area contributed by atoms with E-state index in [1.807, 2.05) is 0 Å². The van der Waals surface area contributed by atoms with E-state index in [1.54, 1.807) is 42.5 Å². The molecule has 2 aromatic rings. The van der Waals surface area contributed by atoms with Gasteiger partial charge in [0.2, 0.25) is 0 Å².